The first-order valence-electron chi connectivity index (χ1n) is 14.7. The Morgan fingerprint density at radius 2 is 1.73 bits per heavy atom. The first-order valence-corrected chi connectivity index (χ1v) is 15.8. The van der Waals surface area contributed by atoms with Gasteiger partial charge in [0.1, 0.15) is 23.8 Å². The van der Waals surface area contributed by atoms with Gasteiger partial charge in [-0.05, 0) is 73.7 Å². The van der Waals surface area contributed by atoms with Crippen LogP contribution in [0.15, 0.2) is 59.1 Å². The Bertz CT molecular complexity index is 1920. The molecule has 224 valence electrons. The normalized spacial score (nSPS) is 16.8. The molecule has 0 radical (unpaired) electrons. The van der Waals surface area contributed by atoms with Crippen LogP contribution in [0, 0.1) is 0 Å². The number of nitrogens with zero attached hydrogens (tertiary/aromatic N) is 4. The zero-order valence-corrected chi connectivity index (χ0v) is 25.7. The SMILES string of the molecule is O=C(O)c1nn(C2CC2)c2ccc(N3CC(c4ccc(OCc5c(-c6c(Cl)cccc6Cl)noc5C5CC5)cc4Cl)C3)cc12. The highest BCUT2D eigenvalue weighted by molar-refractivity contribution is 6.39. The zero-order chi connectivity index (χ0) is 30.1. The van der Waals surface area contributed by atoms with Gasteiger partial charge in [-0.3, -0.25) is 4.68 Å². The average molecular weight is 650 g/mol. The van der Waals surface area contributed by atoms with Crippen molar-refractivity contribution in [1.29, 1.82) is 0 Å². The van der Waals surface area contributed by atoms with Crippen LogP contribution in [0.4, 0.5) is 5.69 Å². The summed E-state index contributed by atoms with van der Waals surface area (Å²) in [5.74, 6) is 1.04. The Morgan fingerprint density at radius 1 is 0.955 bits per heavy atom. The van der Waals surface area contributed by atoms with Gasteiger partial charge in [-0.15, -0.1) is 0 Å². The monoisotopic (exact) mass is 648 g/mol. The fourth-order valence-corrected chi connectivity index (χ4v) is 7.00. The van der Waals surface area contributed by atoms with Crippen molar-refractivity contribution in [1.82, 2.24) is 14.9 Å². The van der Waals surface area contributed by atoms with Gasteiger partial charge in [0.05, 0.1) is 27.2 Å². The molecule has 5 aromatic rings. The van der Waals surface area contributed by atoms with Crippen molar-refractivity contribution in [3.05, 3.63) is 92.2 Å². The summed E-state index contributed by atoms with van der Waals surface area (Å²) in [7, 11) is 0. The van der Waals surface area contributed by atoms with E-state index in [0.29, 0.717) is 49.4 Å². The number of ether oxygens (including phenoxy) is 1. The maximum atomic E-state index is 11.9. The highest BCUT2D eigenvalue weighted by Crippen LogP contribution is 2.46. The Kier molecular flexibility index (Phi) is 6.77. The standard InChI is InChI=1S/C33H27Cl3N4O4/c34-25-2-1-3-26(35)29(25)30-24(32(44-38-30)17-4-5-17)16-43-21-9-10-22(27(36)13-21)18-14-39(15-18)20-8-11-28-23(12-20)31(33(41)42)37-40(28)19-6-7-19/h1-3,8-13,17-19H,4-7,14-16H2,(H,41,42). The molecule has 1 N–H and O–H groups in total. The topological polar surface area (TPSA) is 93.6 Å². The molecule has 11 heteroatoms. The highest BCUT2D eigenvalue weighted by Gasteiger charge is 2.35. The molecular formula is C33H27Cl3N4O4. The molecule has 0 atom stereocenters. The molecule has 0 unspecified atom stereocenters. The Hall–Kier alpha value is -3.72. The molecule has 8 nitrogen and oxygen atoms in total. The van der Waals surface area contributed by atoms with Crippen molar-refractivity contribution in [3.63, 3.8) is 0 Å². The smallest absolute Gasteiger partial charge is 0.357 e. The van der Waals surface area contributed by atoms with Crippen molar-refractivity contribution < 1.29 is 19.2 Å². The van der Waals surface area contributed by atoms with Gasteiger partial charge >= 0.3 is 5.97 Å². The molecule has 2 aliphatic carbocycles. The van der Waals surface area contributed by atoms with Gasteiger partial charge in [-0.2, -0.15) is 5.10 Å². The minimum atomic E-state index is -1.00. The molecule has 0 bridgehead atoms. The third-order valence-corrected chi connectivity index (χ3v) is 9.75. The number of carboxylic acid groups (broad SMARTS) is 1. The van der Waals surface area contributed by atoms with Crippen LogP contribution >= 0.6 is 34.8 Å². The van der Waals surface area contributed by atoms with Crippen LogP contribution in [0.5, 0.6) is 5.75 Å². The molecule has 2 aromatic heterocycles. The number of carboxylic acids is 1. The number of rotatable bonds is 9. The lowest BCUT2D eigenvalue weighted by molar-refractivity contribution is 0.0691. The van der Waals surface area contributed by atoms with E-state index in [1.807, 2.05) is 41.1 Å². The van der Waals surface area contributed by atoms with Crippen LogP contribution in [0.3, 0.4) is 0 Å². The summed E-state index contributed by atoms with van der Waals surface area (Å²) in [5, 5.41) is 20.8. The number of benzene rings is 3. The lowest BCUT2D eigenvalue weighted by Crippen LogP contribution is -2.45. The summed E-state index contributed by atoms with van der Waals surface area (Å²) >= 11 is 19.8. The second-order valence-corrected chi connectivity index (χ2v) is 13.1. The molecule has 8 rings (SSSR count). The Balaban J connectivity index is 0.976. The minimum Gasteiger partial charge on any atom is -0.489 e. The maximum absolute atomic E-state index is 11.9. The van der Waals surface area contributed by atoms with Crippen molar-refractivity contribution in [2.24, 2.45) is 0 Å². The quantitative estimate of drug-likeness (QED) is 0.171. The number of fused-ring (bicyclic) bond motifs is 1. The van der Waals surface area contributed by atoms with Crippen molar-refractivity contribution in [2.45, 2.75) is 50.2 Å². The fourth-order valence-electron chi connectivity index (χ4n) is 6.10. The first-order chi connectivity index (χ1) is 21.4. The van der Waals surface area contributed by atoms with E-state index in [0.717, 1.165) is 66.9 Å². The van der Waals surface area contributed by atoms with Gasteiger partial charge in [0.25, 0.3) is 0 Å². The van der Waals surface area contributed by atoms with Gasteiger partial charge in [0, 0.05) is 46.6 Å². The number of aromatic carboxylic acids is 1. The van der Waals surface area contributed by atoms with E-state index in [-0.39, 0.29) is 18.2 Å². The van der Waals surface area contributed by atoms with Gasteiger partial charge in [-0.25, -0.2) is 4.79 Å². The number of carbonyl (C=O) groups is 1. The lowest BCUT2D eigenvalue weighted by atomic mass is 9.90. The molecule has 3 aliphatic rings. The molecule has 3 aromatic carbocycles. The van der Waals surface area contributed by atoms with Crippen molar-refractivity contribution >= 4 is 57.4 Å². The number of anilines is 1. The van der Waals surface area contributed by atoms with E-state index < -0.39 is 5.97 Å². The average Bonchev–Trinajstić information content (AvgIpc) is 3.92. The molecule has 1 saturated heterocycles. The lowest BCUT2D eigenvalue weighted by Gasteiger charge is -2.41. The van der Waals surface area contributed by atoms with Crippen molar-refractivity contribution in [3.8, 4) is 17.0 Å². The molecule has 0 spiro atoms. The zero-order valence-electron chi connectivity index (χ0n) is 23.5. The molecule has 1 aliphatic heterocycles. The Morgan fingerprint density at radius 3 is 2.41 bits per heavy atom. The second kappa shape index (κ2) is 10.7. The van der Waals surface area contributed by atoms with E-state index in [1.165, 1.54) is 0 Å². The van der Waals surface area contributed by atoms with E-state index in [9.17, 15) is 9.90 Å². The van der Waals surface area contributed by atoms with Gasteiger partial charge in [0.15, 0.2) is 5.69 Å². The van der Waals surface area contributed by atoms with Gasteiger partial charge in [0.2, 0.25) is 0 Å². The molecule has 2 saturated carbocycles. The van der Waals surface area contributed by atoms with E-state index in [2.05, 4.69) is 15.2 Å². The summed E-state index contributed by atoms with van der Waals surface area (Å²) in [5.41, 5.74) is 5.12. The number of hydrogen-bond donors (Lipinski definition) is 1. The maximum Gasteiger partial charge on any atom is 0.357 e. The minimum absolute atomic E-state index is 0.113. The molecular weight excluding hydrogens is 623 g/mol. The van der Waals surface area contributed by atoms with Crippen LogP contribution in [-0.4, -0.2) is 39.1 Å². The molecule has 3 fully saturated rings. The van der Waals surface area contributed by atoms with Gasteiger partial charge in [-0.1, -0.05) is 52.1 Å². The number of halogens is 3. The molecule has 3 heterocycles. The van der Waals surface area contributed by atoms with E-state index in [4.69, 9.17) is 44.1 Å². The predicted octanol–water partition coefficient (Wildman–Crippen LogP) is 8.74. The molecule has 44 heavy (non-hydrogen) atoms. The van der Waals surface area contributed by atoms with E-state index in [1.54, 1.807) is 18.2 Å². The number of aromatic nitrogens is 3. The highest BCUT2D eigenvalue weighted by atomic mass is 35.5. The van der Waals surface area contributed by atoms with E-state index >= 15 is 0 Å². The van der Waals surface area contributed by atoms with Gasteiger partial charge < -0.3 is 19.3 Å². The summed E-state index contributed by atoms with van der Waals surface area (Å²) in [6.45, 7) is 1.80. The van der Waals surface area contributed by atoms with Crippen LogP contribution in [0.1, 0.15) is 70.9 Å². The largest absolute Gasteiger partial charge is 0.489 e. The third kappa shape index (κ3) is 4.89. The second-order valence-electron chi connectivity index (χ2n) is 11.8. The van der Waals surface area contributed by atoms with Crippen molar-refractivity contribution in [2.75, 3.05) is 18.0 Å². The third-order valence-electron chi connectivity index (χ3n) is 8.79. The molecule has 0 amide bonds. The van der Waals surface area contributed by atoms with Crippen LogP contribution in [0.25, 0.3) is 22.2 Å². The fraction of sp³-hybridized carbons (Fsp3) is 0.303. The number of hydrogen-bond acceptors (Lipinski definition) is 6. The van der Waals surface area contributed by atoms with Crippen LogP contribution in [-0.2, 0) is 6.61 Å². The summed E-state index contributed by atoms with van der Waals surface area (Å²) < 4.78 is 13.9. The predicted molar refractivity (Wildman–Crippen MR) is 170 cm³/mol. The summed E-state index contributed by atoms with van der Waals surface area (Å²) in [6, 6.07) is 17.5. The van der Waals surface area contributed by atoms with Crippen LogP contribution < -0.4 is 9.64 Å². The first kappa shape index (κ1) is 27.8. The Labute approximate surface area is 268 Å². The summed E-state index contributed by atoms with van der Waals surface area (Å²) in [6.07, 6.45) is 4.18. The summed E-state index contributed by atoms with van der Waals surface area (Å²) in [4.78, 5) is 14.1. The van der Waals surface area contributed by atoms with Crippen LogP contribution in [0.2, 0.25) is 15.1 Å².